The Balaban J connectivity index is 2.40. The summed E-state index contributed by atoms with van der Waals surface area (Å²) in [4.78, 5) is 19.5. The van der Waals surface area contributed by atoms with Crippen molar-refractivity contribution in [2.45, 2.75) is 0 Å². The maximum absolute atomic E-state index is 11.5. The van der Waals surface area contributed by atoms with Crippen LogP contribution in [0.2, 0.25) is 0 Å². The molecule has 0 saturated carbocycles. The van der Waals surface area contributed by atoms with Crippen LogP contribution in [0.3, 0.4) is 0 Å². The Morgan fingerprint density at radius 1 is 1.69 bits per heavy atom. The molecule has 1 aliphatic heterocycles. The highest BCUT2D eigenvalue weighted by atomic mass is 16.5. The third kappa shape index (κ3) is 1.61. The number of nitrogen functional groups attached to an aromatic ring is 1. The number of nitrogens with two attached hydrogens (primary N) is 1. The quantitative estimate of drug-likeness (QED) is 0.730. The fraction of sp³-hybridized carbons (Fsp3) is 0.333. The molecule has 0 aliphatic carbocycles. The second kappa shape index (κ2) is 3.86. The highest BCUT2D eigenvalue weighted by Crippen LogP contribution is 2.32. The van der Waals surface area contributed by atoms with E-state index in [9.17, 15) is 4.79 Å². The van der Waals surface area contributed by atoms with Crippen molar-refractivity contribution >= 4 is 11.8 Å². The molecular formula is C9H12N4O3. The van der Waals surface area contributed by atoms with E-state index in [0.29, 0.717) is 24.9 Å². The molecule has 0 bridgehead atoms. The van der Waals surface area contributed by atoms with Gasteiger partial charge in [-0.25, -0.2) is 0 Å². The van der Waals surface area contributed by atoms with Crippen LogP contribution in [0.5, 0.6) is 5.75 Å². The molecular weight excluding hydrogens is 212 g/mol. The lowest BCUT2D eigenvalue weighted by atomic mass is 10.4. The van der Waals surface area contributed by atoms with Crippen LogP contribution in [0.4, 0.5) is 11.8 Å². The first-order chi connectivity index (χ1) is 7.63. The first-order valence-electron chi connectivity index (χ1n) is 4.66. The normalized spacial score (nSPS) is 13.8. The number of aromatic amines is 1. The van der Waals surface area contributed by atoms with E-state index >= 15 is 0 Å². The zero-order valence-corrected chi connectivity index (χ0v) is 8.82. The van der Waals surface area contributed by atoms with Crippen molar-refractivity contribution in [3.8, 4) is 5.75 Å². The zero-order chi connectivity index (χ0) is 11.7. The second-order valence-electron chi connectivity index (χ2n) is 3.24. The highest BCUT2D eigenvalue weighted by Gasteiger charge is 2.29. The number of nitrogens with one attached hydrogen (secondary N) is 1. The van der Waals surface area contributed by atoms with Crippen molar-refractivity contribution in [1.29, 1.82) is 0 Å². The van der Waals surface area contributed by atoms with Crippen molar-refractivity contribution in [2.24, 2.45) is 0 Å². The number of aromatic nitrogens is 2. The first-order valence-corrected chi connectivity index (χ1v) is 4.66. The average molecular weight is 224 g/mol. The Kier molecular flexibility index (Phi) is 2.53. The van der Waals surface area contributed by atoms with E-state index in [1.165, 1.54) is 0 Å². The van der Waals surface area contributed by atoms with Crippen LogP contribution in [-0.4, -0.2) is 30.2 Å². The van der Waals surface area contributed by atoms with Gasteiger partial charge < -0.3 is 15.2 Å². The minimum absolute atomic E-state index is 0.0458. The minimum atomic E-state index is -0.413. The van der Waals surface area contributed by atoms with Crippen LogP contribution >= 0.6 is 0 Å². The summed E-state index contributed by atoms with van der Waals surface area (Å²) in [5, 5.41) is 0. The Morgan fingerprint density at radius 3 is 3.12 bits per heavy atom. The molecule has 2 heterocycles. The van der Waals surface area contributed by atoms with Gasteiger partial charge in [-0.3, -0.25) is 14.7 Å². The smallest absolute Gasteiger partial charge is 0.297 e. The van der Waals surface area contributed by atoms with Gasteiger partial charge in [-0.15, -0.1) is 0 Å². The molecule has 0 atom stereocenters. The SMILES string of the molecule is C=C1Oc2c(nc(N)[nH]c2=O)N1CCOC. The van der Waals surface area contributed by atoms with Crippen LogP contribution in [0, 0.1) is 0 Å². The van der Waals surface area contributed by atoms with E-state index in [4.69, 9.17) is 15.2 Å². The highest BCUT2D eigenvalue weighted by molar-refractivity contribution is 5.61. The lowest BCUT2D eigenvalue weighted by Gasteiger charge is -2.15. The molecule has 1 aromatic rings. The number of methoxy groups -OCH3 is 1. The standard InChI is InChI=1S/C9H12N4O3/c1-5-13(3-4-15-2)7-6(16-5)8(14)12-9(10)11-7/h1,3-4H2,2H3,(H3,10,11,12,14). The zero-order valence-electron chi connectivity index (χ0n) is 8.82. The van der Waals surface area contributed by atoms with Crippen molar-refractivity contribution < 1.29 is 9.47 Å². The molecule has 0 radical (unpaired) electrons. The van der Waals surface area contributed by atoms with E-state index in [0.717, 1.165) is 0 Å². The summed E-state index contributed by atoms with van der Waals surface area (Å²) in [7, 11) is 1.58. The Morgan fingerprint density at radius 2 is 2.44 bits per heavy atom. The van der Waals surface area contributed by atoms with Crippen molar-refractivity contribution in [3.63, 3.8) is 0 Å². The molecule has 0 aromatic carbocycles. The van der Waals surface area contributed by atoms with Gasteiger partial charge in [-0.2, -0.15) is 4.98 Å². The monoisotopic (exact) mass is 224 g/mol. The average Bonchev–Trinajstić information content (AvgIpc) is 2.53. The lowest BCUT2D eigenvalue weighted by Crippen LogP contribution is -2.24. The number of ether oxygens (including phenoxy) is 2. The molecule has 16 heavy (non-hydrogen) atoms. The molecule has 3 N–H and O–H groups in total. The van der Waals surface area contributed by atoms with E-state index in [1.54, 1.807) is 12.0 Å². The van der Waals surface area contributed by atoms with Crippen LogP contribution < -0.4 is 20.9 Å². The summed E-state index contributed by atoms with van der Waals surface area (Å²) >= 11 is 0. The first kappa shape index (κ1) is 10.5. The van der Waals surface area contributed by atoms with Gasteiger partial charge in [0.15, 0.2) is 11.7 Å². The third-order valence-electron chi connectivity index (χ3n) is 2.17. The van der Waals surface area contributed by atoms with Gasteiger partial charge in [0.05, 0.1) is 13.2 Å². The molecule has 0 spiro atoms. The van der Waals surface area contributed by atoms with Crippen molar-refractivity contribution in [3.05, 3.63) is 22.8 Å². The molecule has 2 rings (SSSR count). The molecule has 0 unspecified atom stereocenters. The summed E-state index contributed by atoms with van der Waals surface area (Å²) < 4.78 is 10.2. The predicted octanol–water partition coefficient (Wildman–Crippen LogP) is -0.332. The van der Waals surface area contributed by atoms with E-state index < -0.39 is 5.56 Å². The Bertz CT molecular complexity index is 482. The topological polar surface area (TPSA) is 93.5 Å². The Hall–Kier alpha value is -2.02. The van der Waals surface area contributed by atoms with E-state index in [1.807, 2.05) is 0 Å². The third-order valence-corrected chi connectivity index (χ3v) is 2.17. The molecule has 0 fully saturated rings. The van der Waals surface area contributed by atoms with Gasteiger partial charge in [-0.05, 0) is 6.58 Å². The van der Waals surface area contributed by atoms with Gasteiger partial charge in [0.1, 0.15) is 0 Å². The maximum Gasteiger partial charge on any atom is 0.297 e. The number of anilines is 2. The number of rotatable bonds is 3. The number of hydrogen-bond donors (Lipinski definition) is 2. The molecule has 1 aromatic heterocycles. The second-order valence-corrected chi connectivity index (χ2v) is 3.24. The number of H-pyrrole nitrogens is 1. The lowest BCUT2D eigenvalue weighted by molar-refractivity contribution is 0.205. The number of nitrogens with zero attached hydrogens (tertiary/aromatic N) is 2. The molecule has 7 heteroatoms. The van der Waals surface area contributed by atoms with Gasteiger partial charge >= 0.3 is 0 Å². The van der Waals surface area contributed by atoms with E-state index in [2.05, 4.69) is 16.5 Å². The Labute approximate surface area is 91.5 Å². The van der Waals surface area contributed by atoms with Crippen LogP contribution in [0.25, 0.3) is 0 Å². The molecule has 0 amide bonds. The fourth-order valence-electron chi connectivity index (χ4n) is 1.45. The van der Waals surface area contributed by atoms with Crippen LogP contribution in [0.15, 0.2) is 17.3 Å². The fourth-order valence-corrected chi connectivity index (χ4v) is 1.45. The van der Waals surface area contributed by atoms with Crippen LogP contribution in [0.1, 0.15) is 0 Å². The van der Waals surface area contributed by atoms with Gasteiger partial charge in [-0.1, -0.05) is 0 Å². The van der Waals surface area contributed by atoms with Gasteiger partial charge in [0, 0.05) is 7.11 Å². The largest absolute Gasteiger partial charge is 0.432 e. The number of hydrogen-bond acceptors (Lipinski definition) is 6. The summed E-state index contributed by atoms with van der Waals surface area (Å²) in [6.07, 6.45) is 0. The van der Waals surface area contributed by atoms with Gasteiger partial charge in [0.2, 0.25) is 11.7 Å². The molecule has 0 saturated heterocycles. The van der Waals surface area contributed by atoms with Crippen molar-refractivity contribution in [1.82, 2.24) is 9.97 Å². The van der Waals surface area contributed by atoms with E-state index in [-0.39, 0.29) is 11.7 Å². The van der Waals surface area contributed by atoms with Crippen LogP contribution in [-0.2, 0) is 4.74 Å². The van der Waals surface area contributed by atoms with Crippen molar-refractivity contribution in [2.75, 3.05) is 30.9 Å². The van der Waals surface area contributed by atoms with Gasteiger partial charge in [0.25, 0.3) is 5.56 Å². The minimum Gasteiger partial charge on any atom is -0.432 e. The number of fused-ring (bicyclic) bond motifs is 1. The molecule has 86 valence electrons. The summed E-state index contributed by atoms with van der Waals surface area (Å²) in [6, 6.07) is 0. The summed E-state index contributed by atoms with van der Waals surface area (Å²) in [6.45, 7) is 4.66. The molecule has 7 nitrogen and oxygen atoms in total. The summed E-state index contributed by atoms with van der Waals surface area (Å²) in [5.74, 6) is 0.888. The summed E-state index contributed by atoms with van der Waals surface area (Å²) in [5.41, 5.74) is 5.04. The predicted molar refractivity (Wildman–Crippen MR) is 58.3 cm³/mol. The molecule has 1 aliphatic rings. The maximum atomic E-state index is 11.5.